The third-order valence-corrected chi connectivity index (χ3v) is 10.2. The number of nitrogens with one attached hydrogen (secondary N) is 1. The van der Waals surface area contributed by atoms with Gasteiger partial charge in [0.2, 0.25) is 5.91 Å². The molecule has 0 aliphatic carbocycles. The molecule has 0 bridgehead atoms. The van der Waals surface area contributed by atoms with E-state index >= 15 is 0 Å². The highest BCUT2D eigenvalue weighted by Gasteiger charge is 2.44. The van der Waals surface area contributed by atoms with Crippen LogP contribution in [-0.4, -0.2) is 98.3 Å². The largest absolute Gasteiger partial charge is 0.380 e. The summed E-state index contributed by atoms with van der Waals surface area (Å²) in [5, 5.41) is 4.42. The van der Waals surface area contributed by atoms with Gasteiger partial charge in [0.25, 0.3) is 0 Å². The highest BCUT2D eigenvalue weighted by molar-refractivity contribution is 5.90. The van der Waals surface area contributed by atoms with E-state index in [-0.39, 0.29) is 23.9 Å². The lowest BCUT2D eigenvalue weighted by Gasteiger charge is -2.45. The van der Waals surface area contributed by atoms with E-state index in [9.17, 15) is 4.79 Å². The quantitative estimate of drug-likeness (QED) is 0.355. The maximum atomic E-state index is 13.4. The smallest absolute Gasteiger partial charge is 0.224 e. The first-order chi connectivity index (χ1) is 20.6. The fraction of sp³-hybridized carbons (Fsp3) is 0.576. The monoisotopic (exact) mass is 584 g/mol. The maximum absolute atomic E-state index is 13.4. The Balaban J connectivity index is 1.11. The van der Waals surface area contributed by atoms with Crippen molar-refractivity contribution in [1.29, 1.82) is 0 Å². The molecule has 43 heavy (non-hydrogen) atoms. The number of aromatic amines is 1. The minimum atomic E-state index is 0.123. The van der Waals surface area contributed by atoms with Gasteiger partial charge in [-0.05, 0) is 69.8 Å². The Bertz CT molecular complexity index is 1690. The van der Waals surface area contributed by atoms with Crippen LogP contribution < -0.4 is 4.90 Å². The molecule has 1 N–H and O–H groups in total. The van der Waals surface area contributed by atoms with Crippen LogP contribution in [0.5, 0.6) is 0 Å². The van der Waals surface area contributed by atoms with E-state index in [1.165, 1.54) is 17.5 Å². The summed E-state index contributed by atoms with van der Waals surface area (Å²) in [6.45, 7) is 19.4. The van der Waals surface area contributed by atoms with Crippen molar-refractivity contribution in [2.75, 3.05) is 50.8 Å². The van der Waals surface area contributed by atoms with E-state index in [2.05, 4.69) is 89.6 Å². The Morgan fingerprint density at radius 2 is 1.95 bits per heavy atom. The molecule has 0 unspecified atom stereocenters. The molecule has 0 radical (unpaired) electrons. The van der Waals surface area contributed by atoms with E-state index in [4.69, 9.17) is 9.72 Å². The standard InChI is InChI=1S/C33H44N8O2/c1-20(2)29-30(25-15-41-32(34-19-35-41)24(6)23(25)5)36-26-7-8-27(37-31(26)29)39-13-22(4)40(14-21(39)3)28(42)9-11-38-12-10-33(16-38)17-43-18-33/h7-8,15,19-22,36H,9-14,16-18H2,1-6H3/t21-,22+/m0/s1. The normalized spacial score (nSPS) is 22.4. The molecule has 3 saturated heterocycles. The molecule has 7 rings (SSSR count). The maximum Gasteiger partial charge on any atom is 0.224 e. The van der Waals surface area contributed by atoms with Crippen LogP contribution in [0.2, 0.25) is 0 Å². The van der Waals surface area contributed by atoms with Crippen LogP contribution in [0, 0.1) is 19.3 Å². The van der Waals surface area contributed by atoms with Gasteiger partial charge in [0.05, 0.1) is 29.9 Å². The van der Waals surface area contributed by atoms with Crippen molar-refractivity contribution >= 4 is 28.4 Å². The van der Waals surface area contributed by atoms with Crippen LogP contribution >= 0.6 is 0 Å². The Hall–Kier alpha value is -3.50. The van der Waals surface area contributed by atoms with Gasteiger partial charge < -0.3 is 24.4 Å². The van der Waals surface area contributed by atoms with Crippen LogP contribution in [-0.2, 0) is 9.53 Å². The summed E-state index contributed by atoms with van der Waals surface area (Å²) >= 11 is 0. The zero-order chi connectivity index (χ0) is 30.0. The van der Waals surface area contributed by atoms with Gasteiger partial charge in [-0.2, -0.15) is 5.10 Å². The van der Waals surface area contributed by atoms with Gasteiger partial charge in [0.15, 0.2) is 5.65 Å². The minimum Gasteiger partial charge on any atom is -0.380 e. The fourth-order valence-corrected chi connectivity index (χ4v) is 7.50. The van der Waals surface area contributed by atoms with Crippen LogP contribution in [0.4, 0.5) is 5.82 Å². The molecule has 2 atom stereocenters. The van der Waals surface area contributed by atoms with Crippen molar-refractivity contribution in [3.63, 3.8) is 0 Å². The number of ether oxygens (including phenoxy) is 1. The van der Waals surface area contributed by atoms with E-state index in [0.717, 1.165) is 78.7 Å². The van der Waals surface area contributed by atoms with Gasteiger partial charge in [0, 0.05) is 67.4 Å². The van der Waals surface area contributed by atoms with Crippen molar-refractivity contribution in [2.24, 2.45) is 5.41 Å². The molecule has 0 saturated carbocycles. The Morgan fingerprint density at radius 1 is 1.14 bits per heavy atom. The molecular weight excluding hydrogens is 540 g/mol. The van der Waals surface area contributed by atoms with Gasteiger partial charge in [-0.25, -0.2) is 14.5 Å². The topological polar surface area (TPSA) is 94.9 Å². The number of aryl methyl sites for hydroxylation is 1. The van der Waals surface area contributed by atoms with E-state index in [1.54, 1.807) is 6.33 Å². The summed E-state index contributed by atoms with van der Waals surface area (Å²) in [5.41, 5.74) is 9.05. The Labute approximate surface area is 253 Å². The lowest BCUT2D eigenvalue weighted by atomic mass is 9.85. The molecule has 1 amide bonds. The van der Waals surface area contributed by atoms with E-state index in [1.807, 2.05) is 4.52 Å². The Morgan fingerprint density at radius 3 is 2.67 bits per heavy atom. The van der Waals surface area contributed by atoms with Gasteiger partial charge in [-0.3, -0.25) is 4.79 Å². The highest BCUT2D eigenvalue weighted by atomic mass is 16.5. The first-order valence-electron chi connectivity index (χ1n) is 15.8. The molecule has 3 aliphatic heterocycles. The molecule has 228 valence electrons. The number of aromatic nitrogens is 5. The average Bonchev–Trinajstić information content (AvgIpc) is 3.71. The zero-order valence-corrected chi connectivity index (χ0v) is 26.4. The van der Waals surface area contributed by atoms with Crippen LogP contribution in [0.3, 0.4) is 0 Å². The molecule has 10 nitrogen and oxygen atoms in total. The van der Waals surface area contributed by atoms with Crippen LogP contribution in [0.25, 0.3) is 27.9 Å². The number of rotatable bonds is 6. The lowest BCUT2D eigenvalue weighted by molar-refractivity contribution is -0.134. The number of hydrogen-bond acceptors (Lipinski definition) is 7. The van der Waals surface area contributed by atoms with Gasteiger partial charge in [-0.15, -0.1) is 0 Å². The average molecular weight is 585 g/mol. The zero-order valence-electron chi connectivity index (χ0n) is 26.4. The molecular formula is C33H44N8O2. The van der Waals surface area contributed by atoms with E-state index < -0.39 is 0 Å². The highest BCUT2D eigenvalue weighted by Crippen LogP contribution is 2.39. The molecule has 3 aliphatic rings. The minimum absolute atomic E-state index is 0.123. The summed E-state index contributed by atoms with van der Waals surface area (Å²) in [5.74, 6) is 1.50. The number of piperazine rings is 1. The molecule has 4 aromatic heterocycles. The van der Waals surface area contributed by atoms with Gasteiger partial charge in [-0.1, -0.05) is 13.8 Å². The summed E-state index contributed by atoms with van der Waals surface area (Å²) in [6.07, 6.45) is 5.46. The predicted octanol–water partition coefficient (Wildman–Crippen LogP) is 4.55. The van der Waals surface area contributed by atoms with Crippen molar-refractivity contribution < 1.29 is 9.53 Å². The molecule has 0 aromatic carbocycles. The number of pyridine rings is 2. The third-order valence-electron chi connectivity index (χ3n) is 10.2. The van der Waals surface area contributed by atoms with Crippen molar-refractivity contribution in [2.45, 2.75) is 72.4 Å². The van der Waals surface area contributed by atoms with E-state index in [0.29, 0.717) is 18.4 Å². The number of likely N-dealkylation sites (tertiary alicyclic amines) is 1. The first kappa shape index (κ1) is 28.3. The lowest BCUT2D eigenvalue weighted by Crippen LogP contribution is -2.58. The number of nitrogens with zero attached hydrogens (tertiary/aromatic N) is 7. The summed E-state index contributed by atoms with van der Waals surface area (Å²) in [7, 11) is 0. The molecule has 7 heterocycles. The van der Waals surface area contributed by atoms with Gasteiger partial charge >= 0.3 is 0 Å². The summed E-state index contributed by atoms with van der Waals surface area (Å²) in [4.78, 5) is 33.7. The second-order valence-corrected chi connectivity index (χ2v) is 13.6. The SMILES string of the molecule is Cc1c(-c2[nH]c3ccc(N4C[C@@H](C)N(C(=O)CCN5CCC6(COC6)C5)C[C@@H]4C)nc3c2C(C)C)cn2ncnc2c1C. The second kappa shape index (κ2) is 10.6. The molecule has 10 heteroatoms. The van der Waals surface area contributed by atoms with Gasteiger partial charge in [0.1, 0.15) is 12.1 Å². The fourth-order valence-electron chi connectivity index (χ4n) is 7.50. The first-order valence-corrected chi connectivity index (χ1v) is 15.8. The number of amides is 1. The molecule has 4 aromatic rings. The molecule has 1 spiro atoms. The van der Waals surface area contributed by atoms with Crippen LogP contribution in [0.1, 0.15) is 63.1 Å². The number of fused-ring (bicyclic) bond motifs is 2. The van der Waals surface area contributed by atoms with Crippen molar-refractivity contribution in [1.82, 2.24) is 34.4 Å². The van der Waals surface area contributed by atoms with Crippen molar-refractivity contribution in [3.05, 3.63) is 41.3 Å². The number of carbonyl (C=O) groups excluding carboxylic acids is 1. The number of H-pyrrole nitrogens is 1. The van der Waals surface area contributed by atoms with Crippen molar-refractivity contribution in [3.8, 4) is 11.3 Å². The third kappa shape index (κ3) is 4.79. The number of anilines is 1. The van der Waals surface area contributed by atoms with Crippen LogP contribution in [0.15, 0.2) is 24.7 Å². The number of hydrogen-bond donors (Lipinski definition) is 1. The predicted molar refractivity (Wildman–Crippen MR) is 169 cm³/mol. The number of carbonyl (C=O) groups is 1. The second-order valence-electron chi connectivity index (χ2n) is 13.6. The summed E-state index contributed by atoms with van der Waals surface area (Å²) in [6, 6.07) is 4.58. The Kier molecular flexibility index (Phi) is 6.97. The molecule has 3 fully saturated rings. The summed E-state index contributed by atoms with van der Waals surface area (Å²) < 4.78 is 7.33.